The van der Waals surface area contributed by atoms with Crippen LogP contribution in [0.25, 0.3) is 0 Å². The number of halogens is 1. The minimum absolute atomic E-state index is 0. The summed E-state index contributed by atoms with van der Waals surface area (Å²) in [5, 5.41) is 0. The molecule has 2 rings (SSSR count). The maximum Gasteiger partial charge on any atom is 0.0316 e. The van der Waals surface area contributed by atoms with Gasteiger partial charge in [0.15, 0.2) is 0 Å². The minimum Gasteiger partial charge on any atom is -0.399 e. The van der Waals surface area contributed by atoms with E-state index in [0.29, 0.717) is 0 Å². The van der Waals surface area contributed by atoms with Crippen LogP contribution in [-0.2, 0) is 0 Å². The smallest absolute Gasteiger partial charge is 0.0316 e. The van der Waals surface area contributed by atoms with Crippen molar-refractivity contribution < 1.29 is 0 Å². The van der Waals surface area contributed by atoms with Crippen LogP contribution in [0.2, 0.25) is 0 Å². The molecule has 1 fully saturated rings. The molecule has 0 unspecified atom stereocenters. The Morgan fingerprint density at radius 1 is 1.27 bits per heavy atom. The van der Waals surface area contributed by atoms with Gasteiger partial charge >= 0.3 is 0 Å². The van der Waals surface area contributed by atoms with E-state index in [1.54, 1.807) is 0 Å². The number of hydrogen-bond donors (Lipinski definition) is 1. The van der Waals surface area contributed by atoms with Crippen LogP contribution in [0.1, 0.15) is 24.3 Å². The van der Waals surface area contributed by atoms with Gasteiger partial charge in [-0.05, 0) is 36.5 Å². The summed E-state index contributed by atoms with van der Waals surface area (Å²) in [6.45, 7) is 0. The molecule has 1 saturated carbocycles. The second-order valence-electron chi connectivity index (χ2n) is 2.94. The maximum absolute atomic E-state index is 5.62. The molecule has 0 aromatic heterocycles. The molecule has 1 aliphatic carbocycles. The fraction of sp³-hybridized carbons (Fsp3) is 0.333. The highest BCUT2D eigenvalue weighted by molar-refractivity contribution is 5.85. The van der Waals surface area contributed by atoms with Gasteiger partial charge in [-0.15, -0.1) is 12.4 Å². The fourth-order valence-corrected chi connectivity index (χ4v) is 1.23. The predicted molar refractivity (Wildman–Crippen MR) is 50.1 cm³/mol. The maximum atomic E-state index is 5.62. The van der Waals surface area contributed by atoms with Crippen molar-refractivity contribution in [3.05, 3.63) is 29.8 Å². The van der Waals surface area contributed by atoms with Crippen LogP contribution in [0.3, 0.4) is 0 Å². The van der Waals surface area contributed by atoms with Gasteiger partial charge in [0.25, 0.3) is 0 Å². The van der Waals surface area contributed by atoms with Crippen LogP contribution in [0.15, 0.2) is 24.3 Å². The summed E-state index contributed by atoms with van der Waals surface area (Å²) >= 11 is 0. The first kappa shape index (κ1) is 8.41. The molecule has 11 heavy (non-hydrogen) atoms. The van der Waals surface area contributed by atoms with Gasteiger partial charge < -0.3 is 5.73 Å². The molecule has 60 valence electrons. The fourth-order valence-electron chi connectivity index (χ4n) is 1.23. The third-order valence-corrected chi connectivity index (χ3v) is 1.96. The molecule has 1 aliphatic rings. The molecule has 0 radical (unpaired) electrons. The summed E-state index contributed by atoms with van der Waals surface area (Å²) in [6, 6.07) is 8.21. The van der Waals surface area contributed by atoms with Crippen LogP contribution >= 0.6 is 12.4 Å². The van der Waals surface area contributed by atoms with E-state index in [1.165, 1.54) is 18.4 Å². The summed E-state index contributed by atoms with van der Waals surface area (Å²) in [5.41, 5.74) is 7.93. The summed E-state index contributed by atoms with van der Waals surface area (Å²) in [6.07, 6.45) is 2.70. The lowest BCUT2D eigenvalue weighted by Crippen LogP contribution is -1.85. The second kappa shape index (κ2) is 3.14. The lowest BCUT2D eigenvalue weighted by molar-refractivity contribution is 1.13. The lowest BCUT2D eigenvalue weighted by atomic mass is 10.1. The first-order chi connectivity index (χ1) is 4.86. The Kier molecular flexibility index (Phi) is 2.40. The molecule has 0 atom stereocenters. The molecular weight excluding hydrogens is 158 g/mol. The average Bonchev–Trinajstić information content (AvgIpc) is 2.68. The van der Waals surface area contributed by atoms with Crippen LogP contribution in [0, 0.1) is 0 Å². The van der Waals surface area contributed by atoms with Crippen molar-refractivity contribution in [3.63, 3.8) is 0 Å². The number of hydrogen-bond acceptors (Lipinski definition) is 1. The third-order valence-electron chi connectivity index (χ3n) is 1.96. The van der Waals surface area contributed by atoms with Crippen LogP contribution in [0.5, 0.6) is 0 Å². The van der Waals surface area contributed by atoms with Gasteiger partial charge in [-0.3, -0.25) is 0 Å². The lowest BCUT2D eigenvalue weighted by Gasteiger charge is -1.97. The van der Waals surface area contributed by atoms with Gasteiger partial charge in [0.1, 0.15) is 0 Å². The molecule has 0 spiro atoms. The van der Waals surface area contributed by atoms with Gasteiger partial charge in [0.2, 0.25) is 0 Å². The molecule has 0 bridgehead atoms. The molecule has 0 amide bonds. The standard InChI is InChI=1S/C9H11N.ClH/c10-9-3-1-2-8(6-9)7-4-5-7;/h1-3,6-7H,4-5,10H2;1H. The van der Waals surface area contributed by atoms with Crippen molar-refractivity contribution in [2.45, 2.75) is 18.8 Å². The number of rotatable bonds is 1. The summed E-state index contributed by atoms with van der Waals surface area (Å²) in [5.74, 6) is 0.823. The normalized spacial score (nSPS) is 15.6. The van der Waals surface area contributed by atoms with Crippen molar-refractivity contribution in [1.82, 2.24) is 0 Å². The number of anilines is 1. The largest absolute Gasteiger partial charge is 0.399 e. The van der Waals surface area contributed by atoms with Gasteiger partial charge in [0, 0.05) is 5.69 Å². The van der Waals surface area contributed by atoms with Gasteiger partial charge in [0.05, 0.1) is 0 Å². The molecule has 2 N–H and O–H groups in total. The van der Waals surface area contributed by atoms with E-state index in [2.05, 4.69) is 12.1 Å². The summed E-state index contributed by atoms with van der Waals surface area (Å²) in [4.78, 5) is 0. The Morgan fingerprint density at radius 3 is 2.55 bits per heavy atom. The molecule has 1 aromatic rings. The summed E-state index contributed by atoms with van der Waals surface area (Å²) < 4.78 is 0. The topological polar surface area (TPSA) is 26.0 Å². The molecular formula is C9H12ClN. The van der Waals surface area contributed by atoms with Gasteiger partial charge in [-0.1, -0.05) is 12.1 Å². The predicted octanol–water partition coefficient (Wildman–Crippen LogP) is 2.57. The van der Waals surface area contributed by atoms with Crippen molar-refractivity contribution in [2.75, 3.05) is 5.73 Å². The van der Waals surface area contributed by atoms with Crippen LogP contribution < -0.4 is 5.73 Å². The molecule has 2 heteroatoms. The Hall–Kier alpha value is -0.690. The zero-order valence-corrected chi connectivity index (χ0v) is 7.10. The van der Waals surface area contributed by atoms with Crippen molar-refractivity contribution >= 4 is 18.1 Å². The summed E-state index contributed by atoms with van der Waals surface area (Å²) in [7, 11) is 0. The highest BCUT2D eigenvalue weighted by Gasteiger charge is 2.22. The van der Waals surface area contributed by atoms with Gasteiger partial charge in [-0.2, -0.15) is 0 Å². The number of nitrogen functional groups attached to an aromatic ring is 1. The monoisotopic (exact) mass is 169 g/mol. The SMILES string of the molecule is Cl.Nc1cccc(C2CC2)c1. The third kappa shape index (κ3) is 1.87. The number of nitrogens with two attached hydrogens (primary N) is 1. The van der Waals surface area contributed by atoms with Crippen molar-refractivity contribution in [1.29, 1.82) is 0 Å². The Morgan fingerprint density at radius 2 is 2.00 bits per heavy atom. The average molecular weight is 170 g/mol. The highest BCUT2D eigenvalue weighted by Crippen LogP contribution is 2.40. The highest BCUT2D eigenvalue weighted by atomic mass is 35.5. The quantitative estimate of drug-likeness (QED) is 0.643. The van der Waals surface area contributed by atoms with Crippen LogP contribution in [-0.4, -0.2) is 0 Å². The van der Waals surface area contributed by atoms with Crippen molar-refractivity contribution in [2.24, 2.45) is 0 Å². The second-order valence-corrected chi connectivity index (χ2v) is 2.94. The number of benzene rings is 1. The van der Waals surface area contributed by atoms with E-state index in [0.717, 1.165) is 11.6 Å². The molecule has 0 saturated heterocycles. The molecule has 0 aliphatic heterocycles. The zero-order valence-electron chi connectivity index (χ0n) is 6.29. The van der Waals surface area contributed by atoms with Crippen LogP contribution in [0.4, 0.5) is 5.69 Å². The van der Waals surface area contributed by atoms with E-state index in [1.807, 2.05) is 12.1 Å². The first-order valence-electron chi connectivity index (χ1n) is 3.72. The Labute approximate surface area is 73.0 Å². The molecule has 1 aromatic carbocycles. The first-order valence-corrected chi connectivity index (χ1v) is 3.72. The molecule has 0 heterocycles. The zero-order chi connectivity index (χ0) is 6.97. The van der Waals surface area contributed by atoms with E-state index < -0.39 is 0 Å². The van der Waals surface area contributed by atoms with E-state index in [9.17, 15) is 0 Å². The van der Waals surface area contributed by atoms with E-state index in [4.69, 9.17) is 5.73 Å². The van der Waals surface area contributed by atoms with Gasteiger partial charge in [-0.25, -0.2) is 0 Å². The van der Waals surface area contributed by atoms with Crippen molar-refractivity contribution in [3.8, 4) is 0 Å². The van der Waals surface area contributed by atoms with E-state index in [-0.39, 0.29) is 12.4 Å². The molecule has 1 nitrogen and oxygen atoms in total. The van der Waals surface area contributed by atoms with E-state index >= 15 is 0 Å². The Balaban J connectivity index is 0.000000605. The Bertz CT molecular complexity index is 243. The minimum atomic E-state index is 0.